The molecule has 3 N–H and O–H groups in total. The summed E-state index contributed by atoms with van der Waals surface area (Å²) in [7, 11) is 0. The van der Waals surface area contributed by atoms with Crippen LogP contribution in [0.15, 0.2) is 18.2 Å². The standard InChI is InChI=1S/C14H18ClN3O/c15-9-6-7-10-12(8-9)18(14(16)17-10)11-4-2-1-3-5-13(11)19/h6-8,11,13,19H,1-5H2,(H2,16,17). The van der Waals surface area contributed by atoms with Crippen molar-refractivity contribution in [1.82, 2.24) is 9.55 Å². The summed E-state index contributed by atoms with van der Waals surface area (Å²) in [6.45, 7) is 0. The number of aromatic nitrogens is 2. The first kappa shape index (κ1) is 12.8. The molecule has 1 aromatic carbocycles. The smallest absolute Gasteiger partial charge is 0.201 e. The second-order valence-corrected chi connectivity index (χ2v) is 5.68. The van der Waals surface area contributed by atoms with Crippen molar-refractivity contribution in [2.75, 3.05) is 5.73 Å². The van der Waals surface area contributed by atoms with Gasteiger partial charge in [-0.15, -0.1) is 0 Å². The zero-order valence-electron chi connectivity index (χ0n) is 10.7. The monoisotopic (exact) mass is 279 g/mol. The molecule has 0 amide bonds. The lowest BCUT2D eigenvalue weighted by Crippen LogP contribution is -2.24. The van der Waals surface area contributed by atoms with E-state index < -0.39 is 0 Å². The van der Waals surface area contributed by atoms with Gasteiger partial charge in [0.05, 0.1) is 23.2 Å². The number of aliphatic hydroxyl groups is 1. The third kappa shape index (κ3) is 2.30. The average molecular weight is 280 g/mol. The molecule has 0 saturated heterocycles. The molecular formula is C14H18ClN3O. The number of halogens is 1. The van der Waals surface area contributed by atoms with Crippen molar-refractivity contribution in [3.63, 3.8) is 0 Å². The first-order valence-corrected chi connectivity index (χ1v) is 7.15. The van der Waals surface area contributed by atoms with E-state index in [1.165, 1.54) is 6.42 Å². The summed E-state index contributed by atoms with van der Waals surface area (Å²) in [5.41, 5.74) is 7.79. The van der Waals surface area contributed by atoms with E-state index in [0.717, 1.165) is 36.7 Å². The number of anilines is 1. The normalized spacial score (nSPS) is 24.5. The van der Waals surface area contributed by atoms with Gasteiger partial charge in [-0.1, -0.05) is 30.9 Å². The predicted octanol–water partition coefficient (Wildman–Crippen LogP) is 3.14. The zero-order chi connectivity index (χ0) is 13.4. The van der Waals surface area contributed by atoms with Crippen LogP contribution in [-0.2, 0) is 0 Å². The first-order valence-electron chi connectivity index (χ1n) is 6.78. The highest BCUT2D eigenvalue weighted by Gasteiger charge is 2.26. The van der Waals surface area contributed by atoms with Crippen LogP contribution in [0.5, 0.6) is 0 Å². The molecule has 2 unspecified atom stereocenters. The Morgan fingerprint density at radius 1 is 1.26 bits per heavy atom. The van der Waals surface area contributed by atoms with Gasteiger partial charge < -0.3 is 15.4 Å². The first-order chi connectivity index (χ1) is 9.16. The molecule has 1 aliphatic carbocycles. The molecule has 19 heavy (non-hydrogen) atoms. The van der Waals surface area contributed by atoms with Crippen molar-refractivity contribution in [2.24, 2.45) is 0 Å². The Morgan fingerprint density at radius 3 is 2.89 bits per heavy atom. The molecular weight excluding hydrogens is 262 g/mol. The Balaban J connectivity index is 2.12. The van der Waals surface area contributed by atoms with Gasteiger partial charge in [0.2, 0.25) is 5.95 Å². The number of nitrogen functional groups attached to an aromatic ring is 1. The minimum Gasteiger partial charge on any atom is -0.391 e. The van der Waals surface area contributed by atoms with Gasteiger partial charge >= 0.3 is 0 Å². The number of fused-ring (bicyclic) bond motifs is 1. The molecule has 0 aliphatic heterocycles. The van der Waals surface area contributed by atoms with Crippen LogP contribution in [0.25, 0.3) is 11.0 Å². The lowest BCUT2D eigenvalue weighted by atomic mass is 10.1. The van der Waals surface area contributed by atoms with Gasteiger partial charge in [0.1, 0.15) is 0 Å². The maximum atomic E-state index is 10.3. The SMILES string of the molecule is Nc1nc2ccc(Cl)cc2n1C1CCCCCC1O. The number of nitrogens with two attached hydrogens (primary N) is 1. The number of nitrogens with zero attached hydrogens (tertiary/aromatic N) is 2. The van der Waals surface area contributed by atoms with Crippen molar-refractivity contribution in [3.8, 4) is 0 Å². The fourth-order valence-corrected chi connectivity index (χ4v) is 3.17. The van der Waals surface area contributed by atoms with Crippen LogP contribution in [-0.4, -0.2) is 20.8 Å². The fraction of sp³-hybridized carbons (Fsp3) is 0.500. The van der Waals surface area contributed by atoms with Crippen molar-refractivity contribution in [1.29, 1.82) is 0 Å². The van der Waals surface area contributed by atoms with E-state index in [1.54, 1.807) is 0 Å². The Bertz CT molecular complexity index is 596. The van der Waals surface area contributed by atoms with Crippen LogP contribution < -0.4 is 5.73 Å². The number of hydrogen-bond donors (Lipinski definition) is 2. The maximum Gasteiger partial charge on any atom is 0.201 e. The highest BCUT2D eigenvalue weighted by atomic mass is 35.5. The number of rotatable bonds is 1. The molecule has 1 heterocycles. The fourth-order valence-electron chi connectivity index (χ4n) is 3.00. The summed E-state index contributed by atoms with van der Waals surface area (Å²) in [4.78, 5) is 4.37. The van der Waals surface area contributed by atoms with Gasteiger partial charge in [0, 0.05) is 5.02 Å². The lowest BCUT2D eigenvalue weighted by Gasteiger charge is -2.23. The van der Waals surface area contributed by atoms with Gasteiger partial charge in [-0.2, -0.15) is 0 Å². The molecule has 1 aliphatic rings. The van der Waals surface area contributed by atoms with Crippen LogP contribution in [0, 0.1) is 0 Å². The Morgan fingerprint density at radius 2 is 2.05 bits per heavy atom. The third-order valence-electron chi connectivity index (χ3n) is 3.95. The molecule has 0 spiro atoms. The van der Waals surface area contributed by atoms with E-state index in [4.69, 9.17) is 17.3 Å². The molecule has 2 atom stereocenters. The molecule has 3 rings (SSSR count). The van der Waals surface area contributed by atoms with Crippen LogP contribution in [0.3, 0.4) is 0 Å². The van der Waals surface area contributed by atoms with E-state index in [2.05, 4.69) is 4.98 Å². The second kappa shape index (κ2) is 5.02. The van der Waals surface area contributed by atoms with E-state index in [0.29, 0.717) is 11.0 Å². The van der Waals surface area contributed by atoms with Crippen molar-refractivity contribution >= 4 is 28.6 Å². The lowest BCUT2D eigenvalue weighted by molar-refractivity contribution is 0.108. The average Bonchev–Trinajstić information content (AvgIpc) is 2.55. The predicted molar refractivity (Wildman–Crippen MR) is 77.3 cm³/mol. The van der Waals surface area contributed by atoms with Crippen LogP contribution in [0.4, 0.5) is 5.95 Å². The number of hydrogen-bond acceptors (Lipinski definition) is 3. The third-order valence-corrected chi connectivity index (χ3v) is 4.19. The van der Waals surface area contributed by atoms with Crippen LogP contribution in [0.1, 0.15) is 38.1 Å². The molecule has 1 aromatic heterocycles. The van der Waals surface area contributed by atoms with Crippen molar-refractivity contribution < 1.29 is 5.11 Å². The van der Waals surface area contributed by atoms with Gasteiger partial charge in [0.15, 0.2) is 0 Å². The highest BCUT2D eigenvalue weighted by Crippen LogP contribution is 2.33. The van der Waals surface area contributed by atoms with Gasteiger partial charge in [-0.25, -0.2) is 4.98 Å². The van der Waals surface area contributed by atoms with E-state index >= 15 is 0 Å². The second-order valence-electron chi connectivity index (χ2n) is 5.25. The van der Waals surface area contributed by atoms with Crippen molar-refractivity contribution in [3.05, 3.63) is 23.2 Å². The molecule has 1 saturated carbocycles. The molecule has 4 nitrogen and oxygen atoms in total. The summed E-state index contributed by atoms with van der Waals surface area (Å²) in [5.74, 6) is 0.461. The number of imidazole rings is 1. The number of benzene rings is 1. The topological polar surface area (TPSA) is 64.1 Å². The van der Waals surface area contributed by atoms with Gasteiger partial charge in [0.25, 0.3) is 0 Å². The summed E-state index contributed by atoms with van der Waals surface area (Å²) in [5, 5.41) is 11.0. The van der Waals surface area contributed by atoms with Crippen LogP contribution in [0.2, 0.25) is 5.02 Å². The summed E-state index contributed by atoms with van der Waals surface area (Å²) in [6, 6.07) is 5.56. The van der Waals surface area contributed by atoms with E-state index in [1.807, 2.05) is 22.8 Å². The summed E-state index contributed by atoms with van der Waals surface area (Å²) >= 11 is 6.06. The summed E-state index contributed by atoms with van der Waals surface area (Å²) in [6.07, 6.45) is 4.75. The molecule has 1 fully saturated rings. The Kier molecular flexibility index (Phi) is 3.37. The Labute approximate surface area is 117 Å². The van der Waals surface area contributed by atoms with Crippen molar-refractivity contribution in [2.45, 2.75) is 44.2 Å². The minimum absolute atomic E-state index is 0.00552. The van der Waals surface area contributed by atoms with E-state index in [9.17, 15) is 5.11 Å². The molecule has 2 aromatic rings. The van der Waals surface area contributed by atoms with Gasteiger partial charge in [-0.3, -0.25) is 0 Å². The maximum absolute atomic E-state index is 10.3. The van der Waals surface area contributed by atoms with E-state index in [-0.39, 0.29) is 12.1 Å². The quantitative estimate of drug-likeness (QED) is 0.788. The van der Waals surface area contributed by atoms with Crippen LogP contribution >= 0.6 is 11.6 Å². The molecule has 102 valence electrons. The molecule has 0 radical (unpaired) electrons. The van der Waals surface area contributed by atoms with Gasteiger partial charge in [-0.05, 0) is 31.0 Å². The molecule has 5 heteroatoms. The molecule has 0 bridgehead atoms. The Hall–Kier alpha value is -1.26. The number of aliphatic hydroxyl groups excluding tert-OH is 1. The summed E-state index contributed by atoms with van der Waals surface area (Å²) < 4.78 is 1.96. The zero-order valence-corrected chi connectivity index (χ0v) is 11.5. The largest absolute Gasteiger partial charge is 0.391 e. The minimum atomic E-state index is -0.360. The highest BCUT2D eigenvalue weighted by molar-refractivity contribution is 6.31.